The number of fused-ring (bicyclic) bond motifs is 3. The summed E-state index contributed by atoms with van der Waals surface area (Å²) in [4.78, 5) is 14.1. The maximum atomic E-state index is 12.4. The van der Waals surface area contributed by atoms with Gasteiger partial charge in [-0.25, -0.2) is 8.42 Å². The lowest BCUT2D eigenvalue weighted by atomic mass is 10.1. The largest absolute Gasteiger partial charge is 0.356 e. The molecule has 0 N–H and O–H groups in total. The Labute approximate surface area is 121 Å². The van der Waals surface area contributed by atoms with Gasteiger partial charge in [0.05, 0.1) is 17.4 Å². The van der Waals surface area contributed by atoms with E-state index in [2.05, 4.69) is 5.16 Å². The minimum Gasteiger partial charge on any atom is -0.356 e. The molecule has 2 saturated heterocycles. The van der Waals surface area contributed by atoms with Crippen LogP contribution in [0.5, 0.6) is 0 Å². The first kappa shape index (κ1) is 12.8. The number of hydrogen-bond acceptors (Lipinski definition) is 5. The number of rotatable bonds is 2. The fourth-order valence-electron chi connectivity index (χ4n) is 3.31. The molecule has 1 amide bonds. The predicted octanol–water partition coefficient (Wildman–Crippen LogP) is 0.768. The Morgan fingerprint density at radius 1 is 1.38 bits per heavy atom. The van der Waals surface area contributed by atoms with E-state index in [1.54, 1.807) is 11.0 Å². The fraction of sp³-hybridized carbons (Fsp3) is 0.429. The van der Waals surface area contributed by atoms with Gasteiger partial charge in [-0.2, -0.15) is 0 Å². The molecule has 0 aliphatic carbocycles. The zero-order valence-corrected chi connectivity index (χ0v) is 12.0. The summed E-state index contributed by atoms with van der Waals surface area (Å²) in [5.74, 6) is 0.0274. The zero-order valence-electron chi connectivity index (χ0n) is 11.2. The molecule has 110 valence electrons. The standard InChI is InChI=1S/C14H14N2O4S/c17-14(16-7-10-5-9(16)8-21(10,18)19)6-12-11-3-1-2-4-13(11)20-15-12/h1-4,9-10H,5-8H2. The van der Waals surface area contributed by atoms with Crippen molar-refractivity contribution in [1.29, 1.82) is 0 Å². The summed E-state index contributed by atoms with van der Waals surface area (Å²) in [6.07, 6.45) is 0.730. The molecule has 6 nitrogen and oxygen atoms in total. The number of carbonyl (C=O) groups excluding carboxylic acids is 1. The molecule has 2 aliphatic heterocycles. The maximum absolute atomic E-state index is 12.4. The molecule has 0 saturated carbocycles. The van der Waals surface area contributed by atoms with Gasteiger partial charge in [-0.1, -0.05) is 17.3 Å². The van der Waals surface area contributed by atoms with E-state index in [0.717, 1.165) is 5.39 Å². The van der Waals surface area contributed by atoms with Gasteiger partial charge >= 0.3 is 0 Å². The molecule has 7 heteroatoms. The Hall–Kier alpha value is -1.89. The quantitative estimate of drug-likeness (QED) is 0.818. The molecular formula is C14H14N2O4S. The minimum atomic E-state index is -2.98. The van der Waals surface area contributed by atoms with E-state index in [1.165, 1.54) is 0 Å². The minimum absolute atomic E-state index is 0.0727. The van der Waals surface area contributed by atoms with Crippen LogP contribution < -0.4 is 0 Å². The summed E-state index contributed by atoms with van der Waals surface area (Å²) in [5.41, 5.74) is 1.27. The number of nitrogens with zero attached hydrogens (tertiary/aromatic N) is 2. The van der Waals surface area contributed by atoms with Gasteiger partial charge in [-0.3, -0.25) is 4.79 Å². The summed E-state index contributed by atoms with van der Waals surface area (Å²) in [7, 11) is -2.98. The monoisotopic (exact) mass is 306 g/mol. The zero-order chi connectivity index (χ0) is 14.6. The van der Waals surface area contributed by atoms with Gasteiger partial charge in [0.15, 0.2) is 15.4 Å². The SMILES string of the molecule is O=C(Cc1noc2ccccc12)N1CC2CC1CS2(=O)=O. The van der Waals surface area contributed by atoms with E-state index in [0.29, 0.717) is 24.2 Å². The van der Waals surface area contributed by atoms with Crippen molar-refractivity contribution in [2.45, 2.75) is 24.1 Å². The van der Waals surface area contributed by atoms with Crippen LogP contribution in [0, 0.1) is 0 Å². The molecule has 2 aliphatic rings. The van der Waals surface area contributed by atoms with Crippen LogP contribution in [0.1, 0.15) is 12.1 Å². The van der Waals surface area contributed by atoms with E-state index in [4.69, 9.17) is 4.52 Å². The normalized spacial score (nSPS) is 26.6. The van der Waals surface area contributed by atoms with Gasteiger partial charge in [0, 0.05) is 18.0 Å². The average molecular weight is 306 g/mol. The van der Waals surface area contributed by atoms with Crippen LogP contribution in [0.3, 0.4) is 0 Å². The van der Waals surface area contributed by atoms with Gasteiger partial charge in [0.1, 0.15) is 5.69 Å². The lowest BCUT2D eigenvalue weighted by molar-refractivity contribution is -0.131. The van der Waals surface area contributed by atoms with Crippen molar-refractivity contribution in [3.8, 4) is 0 Å². The van der Waals surface area contributed by atoms with Crippen molar-refractivity contribution in [2.24, 2.45) is 0 Å². The summed E-state index contributed by atoms with van der Waals surface area (Å²) < 4.78 is 28.6. The van der Waals surface area contributed by atoms with Crippen molar-refractivity contribution >= 4 is 26.7 Å². The van der Waals surface area contributed by atoms with Crippen LogP contribution >= 0.6 is 0 Å². The van der Waals surface area contributed by atoms with E-state index in [-0.39, 0.29) is 29.4 Å². The molecule has 1 aromatic carbocycles. The first-order valence-electron chi connectivity index (χ1n) is 6.89. The van der Waals surface area contributed by atoms with Crippen molar-refractivity contribution < 1.29 is 17.7 Å². The van der Waals surface area contributed by atoms with Crippen molar-refractivity contribution in [2.75, 3.05) is 12.3 Å². The molecule has 0 spiro atoms. The number of likely N-dealkylation sites (tertiary alicyclic amines) is 1. The van der Waals surface area contributed by atoms with Gasteiger partial charge in [-0.05, 0) is 18.6 Å². The third kappa shape index (κ3) is 1.95. The Kier molecular flexibility index (Phi) is 2.63. The number of sulfone groups is 1. The van der Waals surface area contributed by atoms with Crippen LogP contribution in [0.2, 0.25) is 0 Å². The second-order valence-electron chi connectivity index (χ2n) is 5.69. The molecule has 2 bridgehead atoms. The first-order chi connectivity index (χ1) is 10.0. The molecule has 0 radical (unpaired) electrons. The van der Waals surface area contributed by atoms with Gasteiger partial charge in [0.2, 0.25) is 5.91 Å². The van der Waals surface area contributed by atoms with Crippen LogP contribution in [-0.2, 0) is 21.1 Å². The average Bonchev–Trinajstić information content (AvgIpc) is 3.10. The topological polar surface area (TPSA) is 80.5 Å². The van der Waals surface area contributed by atoms with Crippen LogP contribution in [0.4, 0.5) is 0 Å². The van der Waals surface area contributed by atoms with Gasteiger partial charge in [-0.15, -0.1) is 0 Å². The summed E-state index contributed by atoms with van der Waals surface area (Å²) >= 11 is 0. The van der Waals surface area contributed by atoms with Crippen LogP contribution in [0.15, 0.2) is 28.8 Å². The highest BCUT2D eigenvalue weighted by molar-refractivity contribution is 7.92. The van der Waals surface area contributed by atoms with Gasteiger partial charge < -0.3 is 9.42 Å². The summed E-state index contributed by atoms with van der Waals surface area (Å²) in [5, 5.41) is 4.42. The smallest absolute Gasteiger partial charge is 0.229 e. The maximum Gasteiger partial charge on any atom is 0.229 e. The third-order valence-corrected chi connectivity index (χ3v) is 6.61. The Morgan fingerprint density at radius 2 is 2.19 bits per heavy atom. The van der Waals surface area contributed by atoms with Gasteiger partial charge in [0.25, 0.3) is 0 Å². The first-order valence-corrected chi connectivity index (χ1v) is 8.60. The molecule has 1 aromatic heterocycles. The molecule has 2 fully saturated rings. The highest BCUT2D eigenvalue weighted by Gasteiger charge is 2.49. The second-order valence-corrected chi connectivity index (χ2v) is 8.02. The van der Waals surface area contributed by atoms with Crippen molar-refractivity contribution in [1.82, 2.24) is 10.1 Å². The highest BCUT2D eigenvalue weighted by atomic mass is 32.2. The second kappa shape index (κ2) is 4.30. The number of aromatic nitrogens is 1. The number of amides is 1. The number of hydrogen-bond donors (Lipinski definition) is 0. The number of benzene rings is 1. The molecule has 2 aromatic rings. The summed E-state index contributed by atoms with van der Waals surface area (Å²) in [6.45, 7) is 0.321. The molecular weight excluding hydrogens is 292 g/mol. The predicted molar refractivity (Wildman–Crippen MR) is 75.4 cm³/mol. The van der Waals surface area contributed by atoms with Crippen molar-refractivity contribution in [3.05, 3.63) is 30.0 Å². The molecule has 2 unspecified atom stereocenters. The van der Waals surface area contributed by atoms with Crippen LogP contribution in [0.25, 0.3) is 11.0 Å². The Morgan fingerprint density at radius 3 is 2.90 bits per heavy atom. The lowest BCUT2D eigenvalue weighted by Crippen LogP contribution is -2.44. The highest BCUT2D eigenvalue weighted by Crippen LogP contribution is 2.33. The van der Waals surface area contributed by atoms with E-state index < -0.39 is 9.84 Å². The number of carbonyl (C=O) groups is 1. The lowest BCUT2D eigenvalue weighted by Gasteiger charge is -2.26. The van der Waals surface area contributed by atoms with E-state index in [1.807, 2.05) is 18.2 Å². The third-order valence-electron chi connectivity index (χ3n) is 4.40. The number of para-hydroxylation sites is 1. The molecule has 4 rings (SSSR count). The molecule has 2 atom stereocenters. The van der Waals surface area contributed by atoms with Crippen molar-refractivity contribution in [3.63, 3.8) is 0 Å². The molecule has 3 heterocycles. The molecule has 21 heavy (non-hydrogen) atoms. The van der Waals surface area contributed by atoms with E-state index in [9.17, 15) is 13.2 Å². The fourth-order valence-corrected chi connectivity index (χ4v) is 5.34. The summed E-state index contributed by atoms with van der Waals surface area (Å²) in [6, 6.07) is 7.24. The Balaban J connectivity index is 1.55. The van der Waals surface area contributed by atoms with Crippen LogP contribution in [-0.4, -0.2) is 48.0 Å². The Bertz CT molecular complexity index is 826. The van der Waals surface area contributed by atoms with E-state index >= 15 is 0 Å².